The van der Waals surface area contributed by atoms with Gasteiger partial charge < -0.3 is 5.11 Å². The standard InChI is InChI=1S/C4H6O2.CHN/c1-2-3-4(5)6;1-2/h2-3H,1H3,(H,5,6);1H/b3-2+;. The molecular formula is C5H7NO2. The third kappa shape index (κ3) is 22.3. The van der Waals surface area contributed by atoms with Crippen molar-refractivity contribution in [3.05, 3.63) is 12.2 Å². The second-order valence-electron chi connectivity index (χ2n) is 0.838. The smallest absolute Gasteiger partial charge is 0.327 e. The number of aliphatic carboxylic acids is 1. The van der Waals surface area contributed by atoms with Crippen LogP contribution in [0.2, 0.25) is 0 Å². The average Bonchev–Trinajstić information content (AvgIpc) is 1.72. The van der Waals surface area contributed by atoms with E-state index in [2.05, 4.69) is 6.57 Å². The lowest BCUT2D eigenvalue weighted by molar-refractivity contribution is -0.131. The molecule has 3 nitrogen and oxygen atoms in total. The van der Waals surface area contributed by atoms with E-state index in [9.17, 15) is 4.79 Å². The minimum Gasteiger partial charge on any atom is -0.478 e. The molecule has 0 bridgehead atoms. The first-order valence-electron chi connectivity index (χ1n) is 1.89. The number of allylic oxidation sites excluding steroid dienone is 1. The number of hydrogen-bond acceptors (Lipinski definition) is 2. The molecule has 0 aliphatic carbocycles. The lowest BCUT2D eigenvalue weighted by atomic mass is 10.5. The van der Waals surface area contributed by atoms with E-state index < -0.39 is 5.97 Å². The fraction of sp³-hybridized carbons (Fsp3) is 0.200. The van der Waals surface area contributed by atoms with Gasteiger partial charge in [-0.25, -0.2) is 10.1 Å². The van der Waals surface area contributed by atoms with Crippen molar-refractivity contribution < 1.29 is 9.90 Å². The number of nitrogens with zero attached hydrogens (tertiary/aromatic N) is 1. The molecule has 1 N–H and O–H groups in total. The van der Waals surface area contributed by atoms with Crippen LogP contribution in [0.5, 0.6) is 0 Å². The zero-order chi connectivity index (χ0) is 6.99. The van der Waals surface area contributed by atoms with Crippen LogP contribution in [-0.2, 0) is 4.79 Å². The Labute approximate surface area is 47.9 Å². The second kappa shape index (κ2) is 9.20. The molecule has 0 aliphatic rings. The number of carboxylic acid groups (broad SMARTS) is 1. The molecule has 0 saturated heterocycles. The summed E-state index contributed by atoms with van der Waals surface area (Å²) in [6.45, 7) is 5.16. The predicted molar refractivity (Wildman–Crippen MR) is 29.1 cm³/mol. The van der Waals surface area contributed by atoms with Gasteiger partial charge in [-0.15, -0.1) is 0 Å². The number of carboxylic acids is 1. The highest BCUT2D eigenvalue weighted by molar-refractivity contribution is 5.79. The van der Waals surface area contributed by atoms with E-state index in [-0.39, 0.29) is 0 Å². The summed E-state index contributed by atoms with van der Waals surface area (Å²) in [5.74, 6) is -0.891. The molecular weight excluding hydrogens is 106 g/mol. The van der Waals surface area contributed by atoms with E-state index in [0.29, 0.717) is 0 Å². The molecule has 0 unspecified atom stereocenters. The third-order valence-corrected chi connectivity index (χ3v) is 0.309. The van der Waals surface area contributed by atoms with Gasteiger partial charge in [0.2, 0.25) is 0 Å². The molecule has 0 aromatic rings. The van der Waals surface area contributed by atoms with Crippen molar-refractivity contribution in [1.82, 2.24) is 0 Å². The first-order valence-corrected chi connectivity index (χ1v) is 1.89. The maximum absolute atomic E-state index is 9.51. The van der Waals surface area contributed by atoms with E-state index in [1.165, 1.54) is 6.08 Å². The Morgan fingerprint density at radius 2 is 2.12 bits per heavy atom. The van der Waals surface area contributed by atoms with Crippen LogP contribution in [-0.4, -0.2) is 11.1 Å². The van der Waals surface area contributed by atoms with Crippen LogP contribution in [0.3, 0.4) is 0 Å². The predicted octanol–water partition coefficient (Wildman–Crippen LogP) is 0.787. The van der Waals surface area contributed by atoms with E-state index in [0.717, 1.165) is 6.08 Å². The van der Waals surface area contributed by atoms with Gasteiger partial charge in [-0.2, -0.15) is 0 Å². The summed E-state index contributed by atoms with van der Waals surface area (Å²) in [5, 5.41) is 14.3. The SMILES string of the molecule is C#N.C/C=C/C(=O)O. The number of nitriles is 1. The quantitative estimate of drug-likeness (QED) is 0.511. The van der Waals surface area contributed by atoms with Gasteiger partial charge in [-0.05, 0) is 6.92 Å². The molecule has 0 amide bonds. The Balaban J connectivity index is 0. The molecule has 0 aliphatic heterocycles. The molecule has 0 aromatic heterocycles. The van der Waals surface area contributed by atoms with E-state index >= 15 is 0 Å². The molecule has 0 aromatic carbocycles. The van der Waals surface area contributed by atoms with Crippen molar-refractivity contribution in [2.24, 2.45) is 0 Å². The fourth-order valence-corrected chi connectivity index (χ4v) is 0.143. The van der Waals surface area contributed by atoms with Crippen molar-refractivity contribution in [3.63, 3.8) is 0 Å². The molecule has 3 heteroatoms. The zero-order valence-electron chi connectivity index (χ0n) is 4.53. The van der Waals surface area contributed by atoms with E-state index in [4.69, 9.17) is 10.4 Å². The molecule has 0 saturated carbocycles. The molecule has 0 spiro atoms. The highest BCUT2D eigenvalue weighted by Crippen LogP contribution is 1.65. The summed E-state index contributed by atoms with van der Waals surface area (Å²) in [6, 6.07) is 0. The van der Waals surface area contributed by atoms with Gasteiger partial charge >= 0.3 is 5.97 Å². The fourth-order valence-electron chi connectivity index (χ4n) is 0.143. The summed E-state index contributed by atoms with van der Waals surface area (Å²) in [7, 11) is 0. The number of rotatable bonds is 1. The van der Waals surface area contributed by atoms with Gasteiger partial charge in [0, 0.05) is 12.6 Å². The lowest BCUT2D eigenvalue weighted by Crippen LogP contribution is -1.83. The molecule has 0 heterocycles. The summed E-state index contributed by atoms with van der Waals surface area (Å²) < 4.78 is 0. The van der Waals surface area contributed by atoms with Crippen molar-refractivity contribution in [2.75, 3.05) is 0 Å². The monoisotopic (exact) mass is 113 g/mol. The first kappa shape index (κ1) is 9.85. The molecule has 8 heavy (non-hydrogen) atoms. The molecule has 44 valence electrons. The van der Waals surface area contributed by atoms with Crippen LogP contribution in [0.1, 0.15) is 6.92 Å². The van der Waals surface area contributed by atoms with Gasteiger partial charge in [0.1, 0.15) is 0 Å². The van der Waals surface area contributed by atoms with E-state index in [1.54, 1.807) is 6.92 Å². The maximum Gasteiger partial charge on any atom is 0.327 e. The Kier molecular flexibility index (Phi) is 11.3. The molecule has 0 rings (SSSR count). The van der Waals surface area contributed by atoms with Crippen molar-refractivity contribution in [2.45, 2.75) is 6.92 Å². The van der Waals surface area contributed by atoms with Crippen molar-refractivity contribution >= 4 is 5.97 Å². The highest BCUT2D eigenvalue weighted by atomic mass is 16.4. The molecule has 0 atom stereocenters. The zero-order valence-corrected chi connectivity index (χ0v) is 4.53. The number of carbonyl (C=O) groups is 1. The summed E-state index contributed by atoms with van der Waals surface area (Å²) in [5.41, 5.74) is 0. The minimum atomic E-state index is -0.891. The Bertz CT molecular complexity index is 104. The maximum atomic E-state index is 9.51. The minimum absolute atomic E-state index is 0.891. The lowest BCUT2D eigenvalue weighted by Gasteiger charge is -1.68. The van der Waals surface area contributed by atoms with Gasteiger partial charge in [0.05, 0.1) is 0 Å². The van der Waals surface area contributed by atoms with Crippen LogP contribution < -0.4 is 0 Å². The number of hydrogen-bond donors (Lipinski definition) is 1. The topological polar surface area (TPSA) is 61.1 Å². The normalized spacial score (nSPS) is 7.38. The van der Waals surface area contributed by atoms with Crippen molar-refractivity contribution in [3.8, 4) is 6.57 Å². The third-order valence-electron chi connectivity index (χ3n) is 0.309. The summed E-state index contributed by atoms with van der Waals surface area (Å²) in [6.07, 6.45) is 2.56. The van der Waals surface area contributed by atoms with Gasteiger partial charge in [0.25, 0.3) is 0 Å². The van der Waals surface area contributed by atoms with Gasteiger partial charge in [-0.1, -0.05) is 6.08 Å². The second-order valence-corrected chi connectivity index (χ2v) is 0.838. The largest absolute Gasteiger partial charge is 0.478 e. The first-order chi connectivity index (χ1) is 3.77. The van der Waals surface area contributed by atoms with Crippen LogP contribution in [0, 0.1) is 11.8 Å². The van der Waals surface area contributed by atoms with Crippen LogP contribution >= 0.6 is 0 Å². The van der Waals surface area contributed by atoms with Crippen LogP contribution in [0.25, 0.3) is 0 Å². The van der Waals surface area contributed by atoms with Gasteiger partial charge in [0.15, 0.2) is 0 Å². The Morgan fingerprint density at radius 3 is 2.12 bits per heavy atom. The van der Waals surface area contributed by atoms with E-state index in [1.807, 2.05) is 0 Å². The molecule has 0 radical (unpaired) electrons. The highest BCUT2D eigenvalue weighted by Gasteiger charge is 1.76. The summed E-state index contributed by atoms with van der Waals surface area (Å²) >= 11 is 0. The average molecular weight is 113 g/mol. The van der Waals surface area contributed by atoms with Gasteiger partial charge in [-0.3, -0.25) is 0 Å². The Morgan fingerprint density at radius 1 is 1.75 bits per heavy atom. The van der Waals surface area contributed by atoms with Crippen LogP contribution in [0.4, 0.5) is 0 Å². The Hall–Kier alpha value is -1.30. The van der Waals surface area contributed by atoms with Crippen molar-refractivity contribution in [1.29, 1.82) is 5.26 Å². The van der Waals surface area contributed by atoms with Crippen LogP contribution in [0.15, 0.2) is 12.2 Å². The summed E-state index contributed by atoms with van der Waals surface area (Å²) in [4.78, 5) is 9.51. The molecule has 0 fully saturated rings.